The number of hydrogen-bond donors (Lipinski definition) is 0. The molecule has 0 saturated heterocycles. The van der Waals surface area contributed by atoms with Gasteiger partial charge in [-0.05, 0) is 12.8 Å². The highest BCUT2D eigenvalue weighted by molar-refractivity contribution is 4.51. The molecule has 0 aliphatic heterocycles. The Hall–Kier alpha value is -0.260. The molecule has 10 heavy (non-hydrogen) atoms. The second-order valence-corrected chi connectivity index (χ2v) is 2.71. The van der Waals surface area contributed by atoms with Crippen molar-refractivity contribution in [2.75, 3.05) is 0 Å². The van der Waals surface area contributed by atoms with Crippen molar-refractivity contribution >= 4 is 0 Å². The molecule has 0 aromatic rings. The lowest BCUT2D eigenvalue weighted by atomic mass is 10.0. The molecule has 0 spiro atoms. The molecule has 1 atom stereocenters. The zero-order valence-electron chi connectivity index (χ0n) is 7.98. The van der Waals surface area contributed by atoms with E-state index in [4.69, 9.17) is 0 Å². The highest BCUT2D eigenvalue weighted by atomic mass is 14.0. The van der Waals surface area contributed by atoms with Gasteiger partial charge in [0.25, 0.3) is 0 Å². The third-order valence-corrected chi connectivity index (χ3v) is 1.48. The molecule has 0 nitrogen and oxygen atoms in total. The van der Waals surface area contributed by atoms with Crippen LogP contribution in [0, 0.1) is 5.92 Å². The number of rotatable bonds is 3. The van der Waals surface area contributed by atoms with Crippen LogP contribution in [0.4, 0.5) is 0 Å². The van der Waals surface area contributed by atoms with Crippen molar-refractivity contribution in [3.63, 3.8) is 0 Å². The molecule has 0 aliphatic rings. The van der Waals surface area contributed by atoms with Gasteiger partial charge in [-0.1, -0.05) is 46.1 Å². The van der Waals surface area contributed by atoms with Crippen molar-refractivity contribution in [2.24, 2.45) is 5.92 Å². The minimum atomic E-state index is 0.949. The SMILES string of the molecule is C=CC.CCCC(C)CC. The van der Waals surface area contributed by atoms with Crippen LogP contribution in [0.5, 0.6) is 0 Å². The van der Waals surface area contributed by atoms with Crippen molar-refractivity contribution < 1.29 is 0 Å². The molecule has 0 N–H and O–H groups in total. The Labute approximate surface area is 66.3 Å². The molecule has 0 rings (SSSR count). The normalized spacial score (nSPS) is 11.2. The standard InChI is InChI=1S/C7H16.C3H6/c1-4-6-7(3)5-2;1-3-2/h7H,4-6H2,1-3H3;3H,1H2,2H3. The maximum absolute atomic E-state index is 3.36. The zero-order chi connectivity index (χ0) is 8.41. The first-order valence-electron chi connectivity index (χ1n) is 4.29. The molecule has 0 aliphatic carbocycles. The smallest absolute Gasteiger partial charge is 0.0446 e. The molecule has 1 unspecified atom stereocenters. The second-order valence-electron chi connectivity index (χ2n) is 2.71. The number of hydrogen-bond acceptors (Lipinski definition) is 0. The Morgan fingerprint density at radius 1 is 1.40 bits per heavy atom. The lowest BCUT2D eigenvalue weighted by Gasteiger charge is -2.02. The van der Waals surface area contributed by atoms with Gasteiger partial charge in [0.05, 0.1) is 0 Å². The third-order valence-electron chi connectivity index (χ3n) is 1.48. The first-order valence-corrected chi connectivity index (χ1v) is 4.29. The zero-order valence-corrected chi connectivity index (χ0v) is 7.98. The maximum atomic E-state index is 3.36. The predicted octanol–water partition coefficient (Wildman–Crippen LogP) is 4.02. The van der Waals surface area contributed by atoms with Gasteiger partial charge in [-0.3, -0.25) is 0 Å². The van der Waals surface area contributed by atoms with Gasteiger partial charge >= 0.3 is 0 Å². The summed E-state index contributed by atoms with van der Waals surface area (Å²) in [7, 11) is 0. The third kappa shape index (κ3) is 15.6. The molecule has 0 amide bonds. The number of allylic oxidation sites excluding steroid dienone is 1. The predicted molar refractivity (Wildman–Crippen MR) is 50.2 cm³/mol. The van der Waals surface area contributed by atoms with Gasteiger partial charge in [-0.15, -0.1) is 6.58 Å². The molecular weight excluding hydrogens is 120 g/mol. The summed E-state index contributed by atoms with van der Waals surface area (Å²) in [5, 5.41) is 0. The summed E-state index contributed by atoms with van der Waals surface area (Å²) in [5.74, 6) is 0.949. The summed E-state index contributed by atoms with van der Waals surface area (Å²) in [4.78, 5) is 0. The first-order chi connectivity index (χ1) is 4.72. The van der Waals surface area contributed by atoms with E-state index in [1.807, 2.05) is 6.92 Å². The van der Waals surface area contributed by atoms with Gasteiger partial charge in [-0.2, -0.15) is 0 Å². The maximum Gasteiger partial charge on any atom is -0.0446 e. The van der Waals surface area contributed by atoms with E-state index in [1.54, 1.807) is 6.08 Å². The fourth-order valence-electron chi connectivity index (χ4n) is 0.697. The quantitative estimate of drug-likeness (QED) is 0.522. The molecule has 62 valence electrons. The van der Waals surface area contributed by atoms with Crippen molar-refractivity contribution in [2.45, 2.75) is 47.0 Å². The van der Waals surface area contributed by atoms with Crippen LogP contribution in [0.25, 0.3) is 0 Å². The van der Waals surface area contributed by atoms with Crippen LogP contribution >= 0.6 is 0 Å². The summed E-state index contributed by atoms with van der Waals surface area (Å²) in [6.45, 7) is 12.1. The van der Waals surface area contributed by atoms with Crippen molar-refractivity contribution in [3.8, 4) is 0 Å². The van der Waals surface area contributed by atoms with Crippen molar-refractivity contribution in [1.82, 2.24) is 0 Å². The molecule has 0 aromatic carbocycles. The molecule has 0 heterocycles. The van der Waals surface area contributed by atoms with Crippen LogP contribution in [0.2, 0.25) is 0 Å². The van der Waals surface area contributed by atoms with E-state index < -0.39 is 0 Å². The minimum absolute atomic E-state index is 0.949. The minimum Gasteiger partial charge on any atom is -0.103 e. The summed E-state index contributed by atoms with van der Waals surface area (Å²) >= 11 is 0. The molecular formula is C10H22. The van der Waals surface area contributed by atoms with Gasteiger partial charge in [-0.25, -0.2) is 0 Å². The van der Waals surface area contributed by atoms with Crippen LogP contribution in [0.1, 0.15) is 47.0 Å². The van der Waals surface area contributed by atoms with Crippen molar-refractivity contribution in [1.29, 1.82) is 0 Å². The van der Waals surface area contributed by atoms with Gasteiger partial charge in [0.2, 0.25) is 0 Å². The summed E-state index contributed by atoms with van der Waals surface area (Å²) < 4.78 is 0. The van der Waals surface area contributed by atoms with E-state index in [-0.39, 0.29) is 0 Å². The molecule has 0 bridgehead atoms. The van der Waals surface area contributed by atoms with Crippen LogP contribution in [-0.2, 0) is 0 Å². The topological polar surface area (TPSA) is 0 Å². The summed E-state index contributed by atoms with van der Waals surface area (Å²) in [6.07, 6.45) is 5.83. The molecule has 0 radical (unpaired) electrons. The molecule has 0 fully saturated rings. The lowest BCUT2D eigenvalue weighted by molar-refractivity contribution is 0.509. The fraction of sp³-hybridized carbons (Fsp3) is 0.800. The van der Waals surface area contributed by atoms with Gasteiger partial charge in [0.1, 0.15) is 0 Å². The Bertz CT molecular complexity index is 55.1. The second kappa shape index (κ2) is 11.5. The summed E-state index contributed by atoms with van der Waals surface area (Å²) in [6, 6.07) is 0. The average Bonchev–Trinajstić information content (AvgIpc) is 1.90. The Morgan fingerprint density at radius 2 is 1.80 bits per heavy atom. The first kappa shape index (κ1) is 12.4. The highest BCUT2D eigenvalue weighted by Crippen LogP contribution is 2.07. The molecule has 0 saturated carbocycles. The lowest BCUT2D eigenvalue weighted by Crippen LogP contribution is -1.88. The van der Waals surface area contributed by atoms with Gasteiger partial charge in [0.15, 0.2) is 0 Å². The monoisotopic (exact) mass is 142 g/mol. The van der Waals surface area contributed by atoms with Crippen LogP contribution < -0.4 is 0 Å². The van der Waals surface area contributed by atoms with Crippen LogP contribution in [-0.4, -0.2) is 0 Å². The van der Waals surface area contributed by atoms with E-state index in [2.05, 4.69) is 27.4 Å². The van der Waals surface area contributed by atoms with Gasteiger partial charge < -0.3 is 0 Å². The van der Waals surface area contributed by atoms with Crippen LogP contribution in [0.15, 0.2) is 12.7 Å². The van der Waals surface area contributed by atoms with E-state index >= 15 is 0 Å². The largest absolute Gasteiger partial charge is 0.103 e. The molecule has 0 heteroatoms. The Morgan fingerprint density at radius 3 is 1.90 bits per heavy atom. The summed E-state index contributed by atoms with van der Waals surface area (Å²) in [5.41, 5.74) is 0. The average molecular weight is 142 g/mol. The van der Waals surface area contributed by atoms with E-state index in [0.29, 0.717) is 0 Å². The van der Waals surface area contributed by atoms with Crippen molar-refractivity contribution in [3.05, 3.63) is 12.7 Å². The van der Waals surface area contributed by atoms with E-state index in [9.17, 15) is 0 Å². The van der Waals surface area contributed by atoms with E-state index in [1.165, 1.54) is 19.3 Å². The Balaban J connectivity index is 0. The highest BCUT2D eigenvalue weighted by Gasteiger charge is 1.92. The van der Waals surface area contributed by atoms with Gasteiger partial charge in [0, 0.05) is 0 Å². The van der Waals surface area contributed by atoms with E-state index in [0.717, 1.165) is 5.92 Å². The van der Waals surface area contributed by atoms with Crippen LogP contribution in [0.3, 0.4) is 0 Å². The fourth-order valence-corrected chi connectivity index (χ4v) is 0.697. The Kier molecular flexibility index (Phi) is 14.3. The molecule has 0 aromatic heterocycles.